The van der Waals surface area contributed by atoms with Crippen LogP contribution in [-0.4, -0.2) is 36.8 Å². The quantitative estimate of drug-likeness (QED) is 0.663. The predicted octanol–water partition coefficient (Wildman–Crippen LogP) is 3.66. The van der Waals surface area contributed by atoms with Crippen LogP contribution in [0.1, 0.15) is 41.5 Å². The van der Waals surface area contributed by atoms with Gasteiger partial charge in [-0.05, 0) is 65.4 Å². The Morgan fingerprint density at radius 2 is 1.79 bits per heavy atom. The van der Waals surface area contributed by atoms with Crippen LogP contribution in [0.4, 0.5) is 10.5 Å². The molecule has 1 amide bonds. The average molecular weight is 351 g/mol. The van der Waals surface area contributed by atoms with Gasteiger partial charge in [0.05, 0.1) is 17.3 Å². The Morgan fingerprint density at radius 3 is 2.29 bits per heavy atom. The van der Waals surface area contributed by atoms with Crippen molar-refractivity contribution >= 4 is 36.1 Å². The molecule has 0 unspecified atom stereocenters. The molecule has 1 saturated heterocycles. The molecule has 1 aliphatic heterocycles. The molecule has 1 aliphatic rings. The number of benzene rings is 1. The summed E-state index contributed by atoms with van der Waals surface area (Å²) < 4.78 is 17.3. The molecule has 1 fully saturated rings. The van der Waals surface area contributed by atoms with E-state index in [2.05, 4.69) is 5.32 Å². The zero-order valence-electron chi connectivity index (χ0n) is 15.4. The highest BCUT2D eigenvalue weighted by Gasteiger charge is 2.52. The van der Waals surface area contributed by atoms with Crippen molar-refractivity contribution in [3.8, 4) is 0 Å². The molecule has 0 radical (unpaired) electrons. The number of carbonyl (C=O) groups is 1. The van der Waals surface area contributed by atoms with Crippen LogP contribution in [0.3, 0.4) is 0 Å². The van der Waals surface area contributed by atoms with Crippen molar-refractivity contribution in [1.82, 2.24) is 0 Å². The van der Waals surface area contributed by atoms with E-state index in [1.54, 1.807) is 11.8 Å². The normalized spacial score (nSPS) is 18.8. The molecule has 1 aromatic rings. The van der Waals surface area contributed by atoms with Gasteiger partial charge in [0, 0.05) is 10.6 Å². The molecule has 0 aliphatic carbocycles. The van der Waals surface area contributed by atoms with Crippen LogP contribution in [0.2, 0.25) is 0 Å². The Morgan fingerprint density at radius 1 is 1.21 bits per heavy atom. The summed E-state index contributed by atoms with van der Waals surface area (Å²) in [5.41, 5.74) is 0.880. The lowest BCUT2D eigenvalue weighted by Crippen LogP contribution is -2.41. The standard InChI is InChI=1S/C17H26BNO4S/c1-11(2)21-15(20)19-12-8-9-13(14(10-12)24-7)18-22-16(3,4)17(5,6)23-18/h8-11H,1-7H3,(H,19,20). The van der Waals surface area contributed by atoms with Gasteiger partial charge in [-0.1, -0.05) is 6.07 Å². The average Bonchev–Trinajstić information content (AvgIpc) is 2.66. The second-order valence-corrected chi connectivity index (χ2v) is 7.97. The first kappa shape index (κ1) is 19.2. The number of anilines is 1. The molecule has 2 rings (SSSR count). The van der Waals surface area contributed by atoms with Crippen molar-refractivity contribution < 1.29 is 18.8 Å². The Labute approximate surface area is 149 Å². The zero-order chi connectivity index (χ0) is 18.1. The summed E-state index contributed by atoms with van der Waals surface area (Å²) in [5, 5.41) is 2.74. The van der Waals surface area contributed by atoms with Crippen LogP contribution in [0, 0.1) is 0 Å². The molecule has 0 aromatic heterocycles. The van der Waals surface area contributed by atoms with Crippen LogP contribution < -0.4 is 10.8 Å². The van der Waals surface area contributed by atoms with Crippen molar-refractivity contribution in [3.05, 3.63) is 18.2 Å². The largest absolute Gasteiger partial charge is 0.495 e. The first-order chi connectivity index (χ1) is 11.1. The maximum atomic E-state index is 11.7. The first-order valence-electron chi connectivity index (χ1n) is 8.07. The summed E-state index contributed by atoms with van der Waals surface area (Å²) in [6, 6.07) is 5.67. The molecule has 0 atom stereocenters. The fraction of sp³-hybridized carbons (Fsp3) is 0.588. The van der Waals surface area contributed by atoms with Crippen LogP contribution >= 0.6 is 11.8 Å². The second-order valence-electron chi connectivity index (χ2n) is 7.12. The lowest BCUT2D eigenvalue weighted by molar-refractivity contribution is 0.00578. The summed E-state index contributed by atoms with van der Waals surface area (Å²) in [7, 11) is -0.422. The number of thioether (sulfide) groups is 1. The zero-order valence-corrected chi connectivity index (χ0v) is 16.2. The topological polar surface area (TPSA) is 56.8 Å². The first-order valence-corrected chi connectivity index (χ1v) is 9.29. The number of hydrogen-bond acceptors (Lipinski definition) is 5. The molecular formula is C17H26BNO4S. The molecule has 1 aromatic carbocycles. The van der Waals surface area contributed by atoms with Gasteiger partial charge in [-0.3, -0.25) is 5.32 Å². The Balaban J connectivity index is 2.20. The van der Waals surface area contributed by atoms with E-state index < -0.39 is 13.2 Å². The van der Waals surface area contributed by atoms with Crippen molar-refractivity contribution in [3.63, 3.8) is 0 Å². The van der Waals surface area contributed by atoms with Crippen LogP contribution in [0.5, 0.6) is 0 Å². The van der Waals surface area contributed by atoms with Gasteiger partial charge in [-0.2, -0.15) is 0 Å². The van der Waals surface area contributed by atoms with Gasteiger partial charge >= 0.3 is 13.2 Å². The minimum atomic E-state index is -0.458. The van der Waals surface area contributed by atoms with Gasteiger partial charge < -0.3 is 14.0 Å². The summed E-state index contributed by atoms with van der Waals surface area (Å²) in [5.74, 6) is 0. The Bertz CT molecular complexity index is 603. The Kier molecular flexibility index (Phi) is 5.57. The molecular weight excluding hydrogens is 325 g/mol. The highest BCUT2D eigenvalue weighted by molar-refractivity contribution is 7.98. The third-order valence-electron chi connectivity index (χ3n) is 4.33. The molecule has 1 N–H and O–H groups in total. The van der Waals surface area contributed by atoms with Crippen molar-refractivity contribution in [2.45, 2.75) is 63.7 Å². The number of hydrogen-bond donors (Lipinski definition) is 1. The number of amides is 1. The molecule has 0 spiro atoms. The predicted molar refractivity (Wildman–Crippen MR) is 99.2 cm³/mol. The highest BCUT2D eigenvalue weighted by atomic mass is 32.2. The van der Waals surface area contributed by atoms with E-state index in [4.69, 9.17) is 14.0 Å². The van der Waals surface area contributed by atoms with Gasteiger partial charge in [0.25, 0.3) is 0 Å². The summed E-state index contributed by atoms with van der Waals surface area (Å²) in [4.78, 5) is 12.7. The summed E-state index contributed by atoms with van der Waals surface area (Å²) in [6.07, 6.45) is 1.37. The fourth-order valence-electron chi connectivity index (χ4n) is 2.32. The number of ether oxygens (including phenoxy) is 1. The number of rotatable bonds is 4. The SMILES string of the molecule is CSc1cc(NC(=O)OC(C)C)ccc1B1OC(C)(C)C(C)(C)O1. The molecule has 24 heavy (non-hydrogen) atoms. The van der Waals surface area contributed by atoms with Gasteiger partial charge in [0.15, 0.2) is 0 Å². The van der Waals surface area contributed by atoms with Gasteiger partial charge in [0.1, 0.15) is 0 Å². The lowest BCUT2D eigenvalue weighted by Gasteiger charge is -2.32. The molecule has 7 heteroatoms. The maximum absolute atomic E-state index is 11.7. The molecule has 0 bridgehead atoms. The van der Waals surface area contributed by atoms with Crippen LogP contribution in [0.15, 0.2) is 23.1 Å². The summed E-state index contributed by atoms with van der Waals surface area (Å²) in [6.45, 7) is 11.8. The number of carbonyl (C=O) groups excluding carboxylic acids is 1. The highest BCUT2D eigenvalue weighted by Crippen LogP contribution is 2.37. The third kappa shape index (κ3) is 4.07. The van der Waals surface area contributed by atoms with Crippen molar-refractivity contribution in [1.29, 1.82) is 0 Å². The Hall–Kier alpha value is -1.18. The smallest absolute Gasteiger partial charge is 0.447 e. The molecule has 1 heterocycles. The third-order valence-corrected chi connectivity index (χ3v) is 5.12. The molecule has 0 saturated carbocycles. The van der Waals surface area contributed by atoms with Crippen molar-refractivity contribution in [2.75, 3.05) is 11.6 Å². The minimum Gasteiger partial charge on any atom is -0.447 e. The van der Waals surface area contributed by atoms with Gasteiger partial charge in [0.2, 0.25) is 0 Å². The second kappa shape index (κ2) is 6.98. The van der Waals surface area contributed by atoms with E-state index >= 15 is 0 Å². The van der Waals surface area contributed by atoms with Gasteiger partial charge in [-0.25, -0.2) is 4.79 Å². The van der Waals surface area contributed by atoms with Gasteiger partial charge in [-0.15, -0.1) is 11.8 Å². The minimum absolute atomic E-state index is 0.158. The van der Waals surface area contributed by atoms with E-state index in [1.807, 2.05) is 66.0 Å². The van der Waals surface area contributed by atoms with Crippen LogP contribution in [0.25, 0.3) is 0 Å². The van der Waals surface area contributed by atoms with E-state index in [-0.39, 0.29) is 17.3 Å². The van der Waals surface area contributed by atoms with Crippen molar-refractivity contribution in [2.24, 2.45) is 0 Å². The van der Waals surface area contributed by atoms with E-state index in [0.29, 0.717) is 5.69 Å². The monoisotopic (exact) mass is 351 g/mol. The van der Waals surface area contributed by atoms with E-state index in [1.165, 1.54) is 0 Å². The van der Waals surface area contributed by atoms with E-state index in [9.17, 15) is 4.79 Å². The van der Waals surface area contributed by atoms with Crippen LogP contribution in [-0.2, 0) is 14.0 Å². The lowest BCUT2D eigenvalue weighted by atomic mass is 9.79. The fourth-order valence-corrected chi connectivity index (χ4v) is 2.96. The molecule has 132 valence electrons. The van der Waals surface area contributed by atoms with E-state index in [0.717, 1.165) is 10.4 Å². The maximum Gasteiger partial charge on any atom is 0.495 e. The summed E-state index contributed by atoms with van der Waals surface area (Å²) >= 11 is 1.59. The molecule has 5 nitrogen and oxygen atoms in total. The number of nitrogens with one attached hydrogen (secondary N) is 1.